The lowest BCUT2D eigenvalue weighted by atomic mass is 9.93. The van der Waals surface area contributed by atoms with Crippen LogP contribution in [-0.2, 0) is 0 Å². The van der Waals surface area contributed by atoms with Crippen molar-refractivity contribution in [2.75, 3.05) is 14.2 Å². The third-order valence-corrected chi connectivity index (χ3v) is 5.32. The van der Waals surface area contributed by atoms with E-state index >= 15 is 0 Å². The van der Waals surface area contributed by atoms with Crippen molar-refractivity contribution in [2.24, 2.45) is 0 Å². The van der Waals surface area contributed by atoms with Gasteiger partial charge in [0.1, 0.15) is 17.5 Å². The van der Waals surface area contributed by atoms with Gasteiger partial charge in [-0.2, -0.15) is 5.10 Å². The molecule has 0 bridgehead atoms. The van der Waals surface area contributed by atoms with Crippen LogP contribution in [0.3, 0.4) is 0 Å². The number of H-pyrrole nitrogens is 1. The maximum absolute atomic E-state index is 12.7. The van der Waals surface area contributed by atoms with Crippen LogP contribution in [0, 0.1) is 0 Å². The number of aromatic nitrogens is 4. The Morgan fingerprint density at radius 2 is 1.77 bits per heavy atom. The second kappa shape index (κ2) is 9.46. The van der Waals surface area contributed by atoms with Gasteiger partial charge >= 0.3 is 0 Å². The quantitative estimate of drug-likeness (QED) is 0.601. The molecule has 4 rings (SSSR count). The van der Waals surface area contributed by atoms with E-state index in [1.54, 1.807) is 25.6 Å². The van der Waals surface area contributed by atoms with E-state index in [0.717, 1.165) is 31.2 Å². The predicted molar refractivity (Wildman–Crippen MR) is 113 cm³/mol. The lowest BCUT2D eigenvalue weighted by molar-refractivity contribution is 0.0881. The number of carbonyl (C=O) groups is 1. The monoisotopic (exact) mass is 423 g/mol. The molecule has 1 aliphatic rings. The van der Waals surface area contributed by atoms with Crippen LogP contribution in [0.4, 0.5) is 0 Å². The fourth-order valence-corrected chi connectivity index (χ4v) is 3.71. The van der Waals surface area contributed by atoms with Crippen LogP contribution in [0.25, 0.3) is 11.3 Å². The second-order valence-corrected chi connectivity index (χ2v) is 7.30. The topological polar surface area (TPSA) is 111 Å². The van der Waals surface area contributed by atoms with Gasteiger partial charge in [-0.15, -0.1) is 0 Å². The molecule has 0 saturated heterocycles. The molecule has 0 spiro atoms. The van der Waals surface area contributed by atoms with Crippen LogP contribution < -0.4 is 19.5 Å². The minimum Gasteiger partial charge on any atom is -0.496 e. The first-order valence-electron chi connectivity index (χ1n) is 10.2. The number of para-hydroxylation sites is 1. The van der Waals surface area contributed by atoms with E-state index in [1.807, 2.05) is 24.3 Å². The predicted octanol–water partition coefficient (Wildman–Crippen LogP) is 3.00. The zero-order chi connectivity index (χ0) is 21.6. The van der Waals surface area contributed by atoms with Crippen LogP contribution in [0.5, 0.6) is 17.5 Å². The normalized spacial score (nSPS) is 18.3. The highest BCUT2D eigenvalue weighted by Gasteiger charge is 2.26. The van der Waals surface area contributed by atoms with Crippen molar-refractivity contribution in [1.29, 1.82) is 0 Å². The van der Waals surface area contributed by atoms with Gasteiger partial charge in [0.15, 0.2) is 0 Å². The molecule has 162 valence electrons. The average Bonchev–Trinajstić information content (AvgIpc) is 3.31. The Morgan fingerprint density at radius 3 is 2.52 bits per heavy atom. The van der Waals surface area contributed by atoms with Crippen LogP contribution >= 0.6 is 0 Å². The molecule has 9 nitrogen and oxygen atoms in total. The molecule has 0 unspecified atom stereocenters. The Labute approximate surface area is 180 Å². The Morgan fingerprint density at radius 1 is 1.03 bits per heavy atom. The number of amides is 1. The number of ether oxygens (including phenoxy) is 3. The number of benzene rings is 1. The first kappa shape index (κ1) is 20.6. The van der Waals surface area contributed by atoms with Crippen LogP contribution in [0.2, 0.25) is 0 Å². The van der Waals surface area contributed by atoms with Gasteiger partial charge in [0.2, 0.25) is 0 Å². The summed E-state index contributed by atoms with van der Waals surface area (Å²) in [7, 11) is 3.15. The first-order valence-corrected chi connectivity index (χ1v) is 10.2. The van der Waals surface area contributed by atoms with Gasteiger partial charge in [0.25, 0.3) is 17.7 Å². The zero-order valence-corrected chi connectivity index (χ0v) is 17.5. The van der Waals surface area contributed by atoms with Gasteiger partial charge < -0.3 is 19.5 Å². The summed E-state index contributed by atoms with van der Waals surface area (Å²) in [5, 5.41) is 10.2. The van der Waals surface area contributed by atoms with Gasteiger partial charge in [0.05, 0.1) is 19.9 Å². The van der Waals surface area contributed by atoms with Crippen molar-refractivity contribution in [3.05, 3.63) is 48.4 Å². The van der Waals surface area contributed by atoms with Gasteiger partial charge in [-0.3, -0.25) is 9.89 Å². The lowest BCUT2D eigenvalue weighted by Gasteiger charge is -2.29. The van der Waals surface area contributed by atoms with E-state index in [-0.39, 0.29) is 18.1 Å². The fraction of sp³-hybridized carbons (Fsp3) is 0.364. The highest BCUT2D eigenvalue weighted by atomic mass is 16.5. The number of hydrogen-bond donors (Lipinski definition) is 2. The highest BCUT2D eigenvalue weighted by molar-refractivity contribution is 5.93. The van der Waals surface area contributed by atoms with Crippen molar-refractivity contribution in [3.8, 4) is 28.8 Å². The Hall–Kier alpha value is -3.62. The zero-order valence-electron chi connectivity index (χ0n) is 17.5. The SMILES string of the molecule is COc1ccccc1-c1cc(C(=O)NC2CCC(Oc3nccnc3OC)CC2)[nH]n1. The average molecular weight is 423 g/mol. The minimum atomic E-state index is -0.173. The number of nitrogens with zero attached hydrogens (tertiary/aromatic N) is 3. The summed E-state index contributed by atoms with van der Waals surface area (Å²) >= 11 is 0. The smallest absolute Gasteiger partial charge is 0.278 e. The Bertz CT molecular complexity index is 1030. The molecule has 1 aromatic carbocycles. The number of aromatic amines is 1. The summed E-state index contributed by atoms with van der Waals surface area (Å²) < 4.78 is 16.5. The number of carbonyl (C=O) groups excluding carboxylic acids is 1. The maximum Gasteiger partial charge on any atom is 0.278 e. The van der Waals surface area contributed by atoms with Crippen LogP contribution in [0.15, 0.2) is 42.7 Å². The lowest BCUT2D eigenvalue weighted by Crippen LogP contribution is -2.39. The molecule has 0 atom stereocenters. The molecule has 0 radical (unpaired) electrons. The first-order chi connectivity index (χ1) is 15.2. The van der Waals surface area contributed by atoms with Crippen molar-refractivity contribution < 1.29 is 19.0 Å². The maximum atomic E-state index is 12.7. The van der Waals surface area contributed by atoms with E-state index in [2.05, 4.69) is 25.5 Å². The second-order valence-electron chi connectivity index (χ2n) is 7.30. The molecular formula is C22H25N5O4. The summed E-state index contributed by atoms with van der Waals surface area (Å²) in [4.78, 5) is 21.0. The molecule has 1 fully saturated rings. The van der Waals surface area contributed by atoms with E-state index in [9.17, 15) is 4.79 Å². The number of nitrogens with one attached hydrogen (secondary N) is 2. The molecule has 2 heterocycles. The van der Waals surface area contributed by atoms with Crippen LogP contribution in [0.1, 0.15) is 36.2 Å². The molecule has 1 aliphatic carbocycles. The van der Waals surface area contributed by atoms with Gasteiger partial charge in [0, 0.05) is 24.0 Å². The Balaban J connectivity index is 1.32. The summed E-state index contributed by atoms with van der Waals surface area (Å²) in [5.74, 6) is 1.31. The van der Waals surface area contributed by atoms with Crippen molar-refractivity contribution in [1.82, 2.24) is 25.5 Å². The number of hydrogen-bond acceptors (Lipinski definition) is 7. The summed E-state index contributed by atoms with van der Waals surface area (Å²) in [5.41, 5.74) is 1.92. The number of rotatable bonds is 7. The van der Waals surface area contributed by atoms with Gasteiger partial charge in [-0.1, -0.05) is 12.1 Å². The van der Waals surface area contributed by atoms with Crippen molar-refractivity contribution in [2.45, 2.75) is 37.8 Å². The molecule has 0 aliphatic heterocycles. The van der Waals surface area contributed by atoms with Crippen molar-refractivity contribution >= 4 is 5.91 Å². The highest BCUT2D eigenvalue weighted by Crippen LogP contribution is 2.29. The summed E-state index contributed by atoms with van der Waals surface area (Å²) in [6, 6.07) is 9.38. The number of methoxy groups -OCH3 is 2. The molecule has 1 saturated carbocycles. The molecule has 1 amide bonds. The minimum absolute atomic E-state index is 0.0167. The standard InChI is InChI=1S/C22H25N5O4/c1-29-19-6-4-3-5-16(19)17-13-18(27-26-17)20(28)25-14-7-9-15(10-8-14)31-22-21(30-2)23-11-12-24-22/h3-6,11-15H,7-10H2,1-2H3,(H,25,28)(H,26,27). The van der Waals surface area contributed by atoms with Crippen LogP contribution in [-0.4, -0.2) is 52.4 Å². The van der Waals surface area contributed by atoms with E-state index < -0.39 is 0 Å². The van der Waals surface area contributed by atoms with Crippen molar-refractivity contribution in [3.63, 3.8) is 0 Å². The molecule has 2 N–H and O–H groups in total. The molecule has 31 heavy (non-hydrogen) atoms. The summed E-state index contributed by atoms with van der Waals surface area (Å²) in [6.07, 6.45) is 6.39. The largest absolute Gasteiger partial charge is 0.496 e. The van der Waals surface area contributed by atoms with Gasteiger partial charge in [-0.05, 0) is 43.9 Å². The van der Waals surface area contributed by atoms with E-state index in [4.69, 9.17) is 14.2 Å². The van der Waals surface area contributed by atoms with Gasteiger partial charge in [-0.25, -0.2) is 9.97 Å². The molecule has 3 aromatic rings. The van der Waals surface area contributed by atoms with E-state index in [0.29, 0.717) is 28.9 Å². The van der Waals surface area contributed by atoms with E-state index in [1.165, 1.54) is 7.11 Å². The summed E-state index contributed by atoms with van der Waals surface area (Å²) in [6.45, 7) is 0. The molecule has 9 heteroatoms. The Kier molecular flexibility index (Phi) is 6.30. The third kappa shape index (κ3) is 4.76. The third-order valence-electron chi connectivity index (χ3n) is 5.32. The fourth-order valence-electron chi connectivity index (χ4n) is 3.71. The molecular weight excluding hydrogens is 398 g/mol. The molecule has 2 aromatic heterocycles.